The molecule has 0 saturated heterocycles. The molecular formula is C71H116N2Pd. The van der Waals surface area contributed by atoms with E-state index in [1.807, 2.05) is 0 Å². The molecule has 0 aliphatic carbocycles. The molecule has 0 spiro atoms. The first kappa shape index (κ1) is 67.4. The van der Waals surface area contributed by atoms with Crippen molar-refractivity contribution >= 4 is 11.4 Å². The van der Waals surface area contributed by atoms with Crippen LogP contribution in [-0.2, 0) is 30.8 Å². The van der Waals surface area contributed by atoms with Crippen LogP contribution in [0.1, 0.15) is 326 Å². The zero-order valence-electron chi connectivity index (χ0n) is 49.6. The minimum absolute atomic E-state index is 0.792. The Morgan fingerprint density at radius 1 is 0.351 bits per heavy atom. The van der Waals surface area contributed by atoms with E-state index in [1.165, 1.54) is 266 Å². The van der Waals surface area contributed by atoms with Crippen molar-refractivity contribution in [3.8, 4) is 23.7 Å². The van der Waals surface area contributed by atoms with E-state index in [4.69, 9.17) is 0 Å². The van der Waals surface area contributed by atoms with Gasteiger partial charge in [0.2, 0.25) is 11.4 Å². The van der Waals surface area contributed by atoms with Crippen LogP contribution < -0.4 is 0 Å². The second kappa shape index (κ2) is 49.8. The second-order valence-electron chi connectivity index (χ2n) is 22.2. The van der Waals surface area contributed by atoms with Gasteiger partial charge in [0.1, 0.15) is 11.1 Å². The molecule has 74 heavy (non-hydrogen) atoms. The van der Waals surface area contributed by atoms with Gasteiger partial charge in [0.25, 0.3) is 0 Å². The first-order valence-electron chi connectivity index (χ1n) is 31.9. The molecule has 2 aromatic rings. The Balaban J connectivity index is 0.00000609. The molecule has 0 N–H and O–H groups in total. The molecule has 3 heteroatoms. The molecule has 2 nitrogen and oxygen atoms in total. The van der Waals surface area contributed by atoms with E-state index in [0.29, 0.717) is 0 Å². The summed E-state index contributed by atoms with van der Waals surface area (Å²) < 4.78 is 1.45. The van der Waals surface area contributed by atoms with Crippen LogP contribution in [-0.4, -0.2) is 4.70 Å². The third kappa shape index (κ3) is 33.5. The van der Waals surface area contributed by atoms with Gasteiger partial charge in [0.05, 0.1) is 0 Å². The molecule has 0 saturated carbocycles. The van der Waals surface area contributed by atoms with Crippen molar-refractivity contribution in [2.45, 2.75) is 327 Å². The van der Waals surface area contributed by atoms with Gasteiger partial charge in [-0.15, -0.1) is 0 Å². The summed E-state index contributed by atoms with van der Waals surface area (Å²) in [7, 11) is 0. The van der Waals surface area contributed by atoms with Crippen LogP contribution in [0.4, 0.5) is 0 Å². The van der Waals surface area contributed by atoms with Crippen LogP contribution in [0.3, 0.4) is 0 Å². The summed E-state index contributed by atoms with van der Waals surface area (Å²) in [5.74, 6) is 14.5. The minimum atomic E-state index is 0.792. The average molecular weight is 1100 g/mol. The fourth-order valence-corrected chi connectivity index (χ4v) is 10.6. The second-order valence-corrected chi connectivity index (χ2v) is 23.7. The Bertz CT molecular complexity index is 1860. The Kier molecular flexibility index (Phi) is 45.4. The summed E-state index contributed by atoms with van der Waals surface area (Å²) in [6, 6.07) is 17.7. The van der Waals surface area contributed by atoms with E-state index < -0.39 is 0 Å². The van der Waals surface area contributed by atoms with Crippen LogP contribution >= 0.6 is 0 Å². The number of hydrogen-bond acceptors (Lipinski definition) is 0. The molecule has 0 radical (unpaired) electrons. The molecule has 0 unspecified atom stereocenters. The predicted molar refractivity (Wildman–Crippen MR) is 326 cm³/mol. The number of unbranched alkanes of at least 4 members (excludes halogenated alkanes) is 39. The number of nitrogens with zero attached hydrogens (tertiary/aromatic N) is 2. The zero-order valence-corrected chi connectivity index (χ0v) is 51.2. The van der Waals surface area contributed by atoms with Gasteiger partial charge in [-0.2, -0.15) is 0 Å². The summed E-state index contributed by atoms with van der Waals surface area (Å²) in [5.41, 5.74) is 20.5. The standard InChI is InChI=1S/C69H110N2.2CH3.Pd/c1-5-9-13-17-19-21-22-23-24-25-26-27-28-29-30-31-32-33-34-35-36-37-38-39-41-43-45-49-59-67-66(58-48-44-42-40-20-18-14-10-6-2)68(64-56-50-54-62(60-64)52-46-15-11-7-3)71(70)69(67)65-57-51-55-63(61-65)53-47-16-12-8-4;;;/h50-51,54-57,60-61H,5-47,52-53H2,1-4H3;2*1H3;. The molecule has 1 heterocycles. The van der Waals surface area contributed by atoms with Crippen molar-refractivity contribution in [3.05, 3.63) is 87.5 Å². The van der Waals surface area contributed by atoms with Crippen molar-refractivity contribution < 1.29 is 22.7 Å². The molecule has 0 aromatic heterocycles. The van der Waals surface area contributed by atoms with Crippen molar-refractivity contribution in [2.75, 3.05) is 0 Å². The van der Waals surface area contributed by atoms with Gasteiger partial charge in [0.15, 0.2) is 0 Å². The van der Waals surface area contributed by atoms with E-state index in [1.54, 1.807) is 0 Å². The molecule has 0 bridgehead atoms. The van der Waals surface area contributed by atoms with Gasteiger partial charge in [-0.3, -0.25) is 0 Å². The van der Waals surface area contributed by atoms with Gasteiger partial charge in [-0.25, -0.2) is 4.70 Å². The summed E-state index contributed by atoms with van der Waals surface area (Å²) in [6.45, 7) is 9.14. The molecule has 1 aliphatic heterocycles. The number of rotatable bonds is 45. The third-order valence-corrected chi connectivity index (χ3v) is 15.2. The zero-order chi connectivity index (χ0) is 53.2. The average Bonchev–Trinajstić information content (AvgIpc) is 3.69. The van der Waals surface area contributed by atoms with Crippen molar-refractivity contribution in [3.63, 3.8) is 0 Å². The Labute approximate surface area is 469 Å². The van der Waals surface area contributed by atoms with Gasteiger partial charge in [-0.05, 0) is 73.9 Å². The SMILES string of the molecule is CCCCCCCCCC#CC1=C(c2cccc(CCCCCC)c2)[N+](=[N-])C(c2cccc(CCCCCC)c2)=C1C#CCCCCCCCCCCCCCCCCCCCCCCCCCCCC.[CH3][Pd][CH3]. The summed E-state index contributed by atoms with van der Waals surface area (Å²) in [6.07, 6.45) is 59.5. The maximum atomic E-state index is 12.4. The van der Waals surface area contributed by atoms with E-state index >= 15 is 0 Å². The van der Waals surface area contributed by atoms with Crippen molar-refractivity contribution in [2.24, 2.45) is 0 Å². The molecular weight excluding hydrogens is 987 g/mol. The Hall–Kier alpha value is -2.70. The molecule has 0 atom stereocenters. The quantitative estimate of drug-likeness (QED) is 0.0273. The van der Waals surface area contributed by atoms with E-state index in [0.717, 1.165) is 90.2 Å². The molecule has 1 aliphatic rings. The number of benzene rings is 2. The van der Waals surface area contributed by atoms with Gasteiger partial charge >= 0.3 is 28.8 Å². The Morgan fingerprint density at radius 2 is 0.595 bits per heavy atom. The van der Waals surface area contributed by atoms with Crippen LogP contribution in [0.25, 0.3) is 16.9 Å². The summed E-state index contributed by atoms with van der Waals surface area (Å²) in [5, 5.41) is 4.35. The van der Waals surface area contributed by atoms with E-state index in [9.17, 15) is 5.53 Å². The Morgan fingerprint density at radius 3 is 0.865 bits per heavy atom. The van der Waals surface area contributed by atoms with Gasteiger partial charge in [0, 0.05) is 24.0 Å². The third-order valence-electron chi connectivity index (χ3n) is 15.2. The molecule has 420 valence electrons. The monoisotopic (exact) mass is 1100 g/mol. The molecule has 0 amide bonds. The predicted octanol–water partition coefficient (Wildman–Crippen LogP) is 24.0. The molecule has 3 rings (SSSR count). The summed E-state index contributed by atoms with van der Waals surface area (Å²) >= 11 is 0.950. The fourth-order valence-electron chi connectivity index (χ4n) is 10.6. The van der Waals surface area contributed by atoms with Crippen molar-refractivity contribution in [1.82, 2.24) is 0 Å². The van der Waals surface area contributed by atoms with Crippen LogP contribution in [0.5, 0.6) is 0 Å². The number of hydrogen-bond donors (Lipinski definition) is 0. The van der Waals surface area contributed by atoms with Gasteiger partial charge in [-0.1, -0.05) is 313 Å². The molecule has 2 aromatic carbocycles. The van der Waals surface area contributed by atoms with Crippen molar-refractivity contribution in [1.29, 1.82) is 0 Å². The number of aryl methyl sites for hydroxylation is 2. The molecule has 0 fully saturated rings. The maximum absolute atomic E-state index is 12.4. The number of allylic oxidation sites excluding steroid dienone is 2. The van der Waals surface area contributed by atoms with E-state index in [2.05, 4.69) is 111 Å². The van der Waals surface area contributed by atoms with Crippen LogP contribution in [0.2, 0.25) is 10.8 Å². The fraction of sp³-hybridized carbons (Fsp3) is 0.718. The summed E-state index contributed by atoms with van der Waals surface area (Å²) in [4.78, 5) is 0. The normalized spacial score (nSPS) is 12.3. The van der Waals surface area contributed by atoms with Crippen LogP contribution in [0, 0.1) is 23.7 Å². The first-order chi connectivity index (χ1) is 36.6. The van der Waals surface area contributed by atoms with E-state index in [-0.39, 0.29) is 0 Å². The topological polar surface area (TPSA) is 25.3 Å². The first-order valence-corrected chi connectivity index (χ1v) is 35.0. The van der Waals surface area contributed by atoms with Crippen LogP contribution in [0.15, 0.2) is 59.7 Å². The van der Waals surface area contributed by atoms with Gasteiger partial charge < -0.3 is 5.53 Å².